The molecular formula is C27H32N6. The minimum atomic E-state index is 0.989. The second-order valence-electron chi connectivity index (χ2n) is 8.64. The Kier molecular flexibility index (Phi) is 7.19. The Bertz CT molecular complexity index is 1240. The van der Waals surface area contributed by atoms with Crippen LogP contribution in [0.5, 0.6) is 0 Å². The zero-order valence-electron chi connectivity index (χ0n) is 19.7. The Morgan fingerprint density at radius 1 is 0.879 bits per heavy atom. The van der Waals surface area contributed by atoms with Gasteiger partial charge in [0.2, 0.25) is 0 Å². The van der Waals surface area contributed by atoms with Crippen molar-refractivity contribution in [2.24, 2.45) is 0 Å². The van der Waals surface area contributed by atoms with E-state index in [1.807, 2.05) is 16.8 Å². The highest BCUT2D eigenvalue weighted by Gasteiger charge is 2.17. The lowest BCUT2D eigenvalue weighted by atomic mass is 9.95. The summed E-state index contributed by atoms with van der Waals surface area (Å²) in [5.41, 5.74) is 7.30. The molecule has 2 aliphatic rings. The van der Waals surface area contributed by atoms with E-state index in [1.165, 1.54) is 66.4 Å². The van der Waals surface area contributed by atoms with Gasteiger partial charge in [0, 0.05) is 35.9 Å². The fraction of sp³-hybridized carbons (Fsp3) is 0.407. The summed E-state index contributed by atoms with van der Waals surface area (Å²) in [6, 6.07) is 8.24. The molecule has 1 fully saturated rings. The Hall–Kier alpha value is -3.46. The molecule has 0 N–H and O–H groups in total. The van der Waals surface area contributed by atoms with Crippen molar-refractivity contribution in [3.8, 4) is 12.8 Å². The maximum absolute atomic E-state index is 4.64. The van der Waals surface area contributed by atoms with Gasteiger partial charge in [0.1, 0.15) is 12.1 Å². The number of hydrogen-bond donors (Lipinski definition) is 0. The van der Waals surface area contributed by atoms with Crippen LogP contribution in [0.1, 0.15) is 54.6 Å². The van der Waals surface area contributed by atoms with Gasteiger partial charge in [-0.2, -0.15) is 5.10 Å². The number of piperidine rings is 1. The van der Waals surface area contributed by atoms with Crippen molar-refractivity contribution in [1.29, 1.82) is 0 Å². The van der Waals surface area contributed by atoms with E-state index in [1.54, 1.807) is 6.33 Å². The van der Waals surface area contributed by atoms with E-state index in [0.29, 0.717) is 0 Å². The van der Waals surface area contributed by atoms with E-state index in [2.05, 4.69) is 69.8 Å². The predicted octanol–water partition coefficient (Wildman–Crippen LogP) is 5.09. The molecule has 0 spiro atoms. The number of aryl methyl sites for hydroxylation is 3. The molecule has 0 saturated carbocycles. The molecule has 170 valence electrons. The van der Waals surface area contributed by atoms with Gasteiger partial charge in [-0.05, 0) is 76.0 Å². The first kappa shape index (κ1) is 22.7. The lowest BCUT2D eigenvalue weighted by Crippen LogP contribution is -2.30. The normalized spacial score (nSPS) is 15.2. The number of hydrogen-bond acceptors (Lipinski definition) is 5. The fourth-order valence-corrected chi connectivity index (χ4v) is 4.91. The average molecular weight is 441 g/mol. The second-order valence-corrected chi connectivity index (χ2v) is 8.64. The molecule has 4 heterocycles. The molecule has 1 saturated heterocycles. The number of terminal acetylenes is 1. The van der Waals surface area contributed by atoms with Gasteiger partial charge in [-0.25, -0.2) is 19.5 Å². The first-order chi connectivity index (χ1) is 16.2. The molecule has 1 aliphatic carbocycles. The molecule has 0 atom stereocenters. The molecular weight excluding hydrogens is 408 g/mol. The number of fused-ring (bicyclic) bond motifs is 3. The monoisotopic (exact) mass is 440 g/mol. The van der Waals surface area contributed by atoms with Crippen molar-refractivity contribution in [2.45, 2.75) is 58.8 Å². The van der Waals surface area contributed by atoms with Crippen LogP contribution in [0.2, 0.25) is 0 Å². The van der Waals surface area contributed by atoms with Gasteiger partial charge in [-0.15, -0.1) is 12.8 Å². The highest BCUT2D eigenvalue weighted by atomic mass is 15.2. The third kappa shape index (κ3) is 4.68. The summed E-state index contributed by atoms with van der Waals surface area (Å²) < 4.78 is 1.95. The molecule has 0 bridgehead atoms. The van der Waals surface area contributed by atoms with E-state index in [0.717, 1.165) is 36.5 Å². The first-order valence-electron chi connectivity index (χ1n) is 11.8. The van der Waals surface area contributed by atoms with Gasteiger partial charge < -0.3 is 4.90 Å². The van der Waals surface area contributed by atoms with Crippen molar-refractivity contribution in [1.82, 2.24) is 24.6 Å². The van der Waals surface area contributed by atoms with Crippen molar-refractivity contribution < 1.29 is 0 Å². The SMILES string of the molecule is C#C.Cc1c2c(nc3ccnn13)CCCC2.Cc1cccc2ncnc(N3CCCCC3)c12. The van der Waals surface area contributed by atoms with Crippen molar-refractivity contribution in [3.63, 3.8) is 0 Å². The highest BCUT2D eigenvalue weighted by Crippen LogP contribution is 2.28. The molecule has 4 aromatic rings. The lowest BCUT2D eigenvalue weighted by Gasteiger charge is -2.28. The van der Waals surface area contributed by atoms with Crippen LogP contribution in [0.3, 0.4) is 0 Å². The molecule has 6 heteroatoms. The van der Waals surface area contributed by atoms with Crippen LogP contribution >= 0.6 is 0 Å². The Morgan fingerprint density at radius 2 is 1.67 bits per heavy atom. The van der Waals surface area contributed by atoms with E-state index in [4.69, 9.17) is 0 Å². The topological polar surface area (TPSA) is 59.2 Å². The zero-order chi connectivity index (χ0) is 23.2. The number of anilines is 1. The third-order valence-corrected chi connectivity index (χ3v) is 6.57. The lowest BCUT2D eigenvalue weighted by molar-refractivity contribution is 0.574. The van der Waals surface area contributed by atoms with Crippen LogP contribution < -0.4 is 4.90 Å². The Labute approximate surface area is 196 Å². The molecule has 6 nitrogen and oxygen atoms in total. The molecule has 6 rings (SSSR count). The summed E-state index contributed by atoms with van der Waals surface area (Å²) in [6.45, 7) is 6.53. The maximum Gasteiger partial charge on any atom is 0.155 e. The Balaban J connectivity index is 0.000000148. The van der Waals surface area contributed by atoms with Crippen molar-refractivity contribution in [2.75, 3.05) is 18.0 Å². The van der Waals surface area contributed by atoms with E-state index in [9.17, 15) is 0 Å². The van der Waals surface area contributed by atoms with Crippen LogP contribution in [0.25, 0.3) is 16.6 Å². The van der Waals surface area contributed by atoms with Crippen LogP contribution in [0.15, 0.2) is 36.8 Å². The van der Waals surface area contributed by atoms with Gasteiger partial charge in [0.15, 0.2) is 5.65 Å². The van der Waals surface area contributed by atoms with Gasteiger partial charge in [0.05, 0.1) is 11.7 Å². The van der Waals surface area contributed by atoms with Gasteiger partial charge in [-0.1, -0.05) is 12.1 Å². The van der Waals surface area contributed by atoms with Crippen molar-refractivity contribution >= 4 is 22.4 Å². The molecule has 1 aliphatic heterocycles. The summed E-state index contributed by atoms with van der Waals surface area (Å²) in [6.07, 6.45) is 20.3. The number of nitrogens with zero attached hydrogens (tertiary/aromatic N) is 6. The van der Waals surface area contributed by atoms with E-state index >= 15 is 0 Å². The summed E-state index contributed by atoms with van der Waals surface area (Å²) in [5, 5.41) is 5.50. The molecule has 0 amide bonds. The van der Waals surface area contributed by atoms with E-state index < -0.39 is 0 Å². The Morgan fingerprint density at radius 3 is 2.48 bits per heavy atom. The predicted molar refractivity (Wildman–Crippen MR) is 135 cm³/mol. The van der Waals surface area contributed by atoms with Crippen LogP contribution in [0.4, 0.5) is 5.82 Å². The first-order valence-corrected chi connectivity index (χ1v) is 11.8. The van der Waals surface area contributed by atoms with Gasteiger partial charge >= 0.3 is 0 Å². The second kappa shape index (κ2) is 10.4. The average Bonchev–Trinajstić information content (AvgIpc) is 3.35. The fourth-order valence-electron chi connectivity index (χ4n) is 4.91. The van der Waals surface area contributed by atoms with Crippen LogP contribution in [-0.2, 0) is 12.8 Å². The summed E-state index contributed by atoms with van der Waals surface area (Å²) in [4.78, 5) is 15.9. The standard InChI is InChI=1S/C14H17N3.C11H13N3.C2H2/c1-11-6-5-7-12-13(11)14(16-10-15-12)17-8-3-2-4-9-17;1-8-9-4-2-3-5-10(9)13-11-6-7-12-14(8)11;1-2/h5-7,10H,2-4,8-9H2,1H3;6-7H,2-5H2,1H3;1-2H. The van der Waals surface area contributed by atoms with Gasteiger partial charge in [-0.3, -0.25) is 0 Å². The van der Waals surface area contributed by atoms with Crippen LogP contribution in [0, 0.1) is 26.7 Å². The van der Waals surface area contributed by atoms with Crippen LogP contribution in [-0.4, -0.2) is 37.7 Å². The smallest absolute Gasteiger partial charge is 0.155 e. The largest absolute Gasteiger partial charge is 0.356 e. The maximum atomic E-state index is 4.64. The minimum absolute atomic E-state index is 0.989. The quantitative estimate of drug-likeness (QED) is 0.386. The van der Waals surface area contributed by atoms with E-state index in [-0.39, 0.29) is 0 Å². The zero-order valence-corrected chi connectivity index (χ0v) is 19.7. The molecule has 0 radical (unpaired) electrons. The molecule has 0 unspecified atom stereocenters. The number of aromatic nitrogens is 5. The van der Waals surface area contributed by atoms with Crippen molar-refractivity contribution in [3.05, 3.63) is 59.3 Å². The highest BCUT2D eigenvalue weighted by molar-refractivity contribution is 5.92. The summed E-state index contributed by atoms with van der Waals surface area (Å²) >= 11 is 0. The summed E-state index contributed by atoms with van der Waals surface area (Å²) in [5.74, 6) is 1.12. The number of rotatable bonds is 1. The number of benzene rings is 1. The summed E-state index contributed by atoms with van der Waals surface area (Å²) in [7, 11) is 0. The third-order valence-electron chi connectivity index (χ3n) is 6.57. The minimum Gasteiger partial charge on any atom is -0.356 e. The molecule has 1 aromatic carbocycles. The van der Waals surface area contributed by atoms with Gasteiger partial charge in [0.25, 0.3) is 0 Å². The molecule has 3 aromatic heterocycles. The molecule has 33 heavy (non-hydrogen) atoms.